The highest BCUT2D eigenvalue weighted by molar-refractivity contribution is 6.06. The molecule has 0 fully saturated rings. The van der Waals surface area contributed by atoms with Crippen LogP contribution >= 0.6 is 0 Å². The fourth-order valence-electron chi connectivity index (χ4n) is 2.68. The summed E-state index contributed by atoms with van der Waals surface area (Å²) in [6.07, 6.45) is 6.52. The number of carbonyl (C=O) groups excluding carboxylic acids is 1. The maximum atomic E-state index is 12.5. The summed E-state index contributed by atoms with van der Waals surface area (Å²) in [7, 11) is 1.53. The highest BCUT2D eigenvalue weighted by Crippen LogP contribution is 2.24. The Morgan fingerprint density at radius 2 is 1.90 bits per heavy atom. The monoisotopic (exact) mass is 387 g/mol. The molecule has 0 aliphatic rings. The number of aromatic nitrogens is 4. The molecular formula is C21H17N5O3. The molecular weight excluding hydrogens is 370 g/mol. The van der Waals surface area contributed by atoms with Crippen LogP contribution in [-0.4, -0.2) is 32.5 Å². The molecule has 0 aliphatic carbocycles. The Morgan fingerprint density at radius 1 is 1.07 bits per heavy atom. The van der Waals surface area contributed by atoms with Crippen LogP contribution in [0, 0.1) is 0 Å². The van der Waals surface area contributed by atoms with Crippen molar-refractivity contribution in [1.29, 1.82) is 0 Å². The Bertz CT molecular complexity index is 1110. The van der Waals surface area contributed by atoms with E-state index in [4.69, 9.17) is 9.47 Å². The number of benzene rings is 2. The third-order valence-electron chi connectivity index (χ3n) is 4.08. The summed E-state index contributed by atoms with van der Waals surface area (Å²) in [6.45, 7) is 0. The number of ether oxygens (including phenoxy) is 2. The second-order valence-corrected chi connectivity index (χ2v) is 5.97. The standard InChI is InChI=1S/C21H17N5O3/c1-28-18-5-3-2-4-17(18)21(27)25-15-6-8-16(9-7-15)29-20-12-19(23-13-24-20)26-11-10-22-14-26/h2-14H,1H3,(H,25,27). The lowest BCUT2D eigenvalue weighted by Gasteiger charge is -2.10. The minimum atomic E-state index is -0.253. The second kappa shape index (κ2) is 8.22. The first-order valence-corrected chi connectivity index (χ1v) is 8.75. The molecule has 1 N–H and O–H groups in total. The molecule has 0 spiro atoms. The van der Waals surface area contributed by atoms with Gasteiger partial charge in [-0.3, -0.25) is 9.36 Å². The zero-order valence-corrected chi connectivity index (χ0v) is 15.5. The van der Waals surface area contributed by atoms with Crippen molar-refractivity contribution >= 4 is 11.6 Å². The van der Waals surface area contributed by atoms with Gasteiger partial charge in [0.2, 0.25) is 5.88 Å². The molecule has 8 nitrogen and oxygen atoms in total. The quantitative estimate of drug-likeness (QED) is 0.542. The molecule has 0 atom stereocenters. The van der Waals surface area contributed by atoms with E-state index in [0.29, 0.717) is 34.4 Å². The fraction of sp³-hybridized carbons (Fsp3) is 0.0476. The number of hydrogen-bond donors (Lipinski definition) is 1. The number of hydrogen-bond acceptors (Lipinski definition) is 6. The van der Waals surface area contributed by atoms with Crippen molar-refractivity contribution in [3.8, 4) is 23.2 Å². The Morgan fingerprint density at radius 3 is 2.66 bits per heavy atom. The largest absolute Gasteiger partial charge is 0.496 e. The van der Waals surface area contributed by atoms with Gasteiger partial charge in [-0.25, -0.2) is 15.0 Å². The van der Waals surface area contributed by atoms with Gasteiger partial charge in [-0.05, 0) is 36.4 Å². The Hall–Kier alpha value is -4.20. The smallest absolute Gasteiger partial charge is 0.259 e. The number of methoxy groups -OCH3 is 1. The number of carbonyl (C=O) groups is 1. The Labute approximate surface area is 166 Å². The van der Waals surface area contributed by atoms with Crippen LogP contribution in [0.15, 0.2) is 79.6 Å². The number of nitrogens with zero attached hydrogens (tertiary/aromatic N) is 4. The predicted octanol–water partition coefficient (Wildman–Crippen LogP) is 3.72. The number of anilines is 1. The second-order valence-electron chi connectivity index (χ2n) is 5.97. The maximum absolute atomic E-state index is 12.5. The van der Waals surface area contributed by atoms with E-state index in [1.165, 1.54) is 13.4 Å². The summed E-state index contributed by atoms with van der Waals surface area (Å²) < 4.78 is 12.8. The van der Waals surface area contributed by atoms with Crippen molar-refractivity contribution in [2.24, 2.45) is 0 Å². The van der Waals surface area contributed by atoms with Crippen LogP contribution in [0.2, 0.25) is 0 Å². The fourth-order valence-corrected chi connectivity index (χ4v) is 2.68. The molecule has 2 aromatic heterocycles. The molecule has 144 valence electrons. The van der Waals surface area contributed by atoms with E-state index < -0.39 is 0 Å². The molecule has 0 saturated carbocycles. The van der Waals surface area contributed by atoms with Crippen molar-refractivity contribution in [2.75, 3.05) is 12.4 Å². The van der Waals surface area contributed by atoms with Gasteiger partial charge in [0.25, 0.3) is 5.91 Å². The first-order chi connectivity index (χ1) is 14.2. The van der Waals surface area contributed by atoms with Crippen molar-refractivity contribution in [2.45, 2.75) is 0 Å². The molecule has 2 heterocycles. The molecule has 0 aliphatic heterocycles. The van der Waals surface area contributed by atoms with Gasteiger partial charge in [-0.2, -0.15) is 0 Å². The lowest BCUT2D eigenvalue weighted by molar-refractivity contribution is 0.102. The summed E-state index contributed by atoms with van der Waals surface area (Å²) in [4.78, 5) is 24.8. The molecule has 4 rings (SSSR count). The number of amides is 1. The van der Waals surface area contributed by atoms with Crippen LogP contribution < -0.4 is 14.8 Å². The zero-order valence-electron chi connectivity index (χ0n) is 15.5. The van der Waals surface area contributed by atoms with Crippen molar-refractivity contribution in [3.63, 3.8) is 0 Å². The SMILES string of the molecule is COc1ccccc1C(=O)Nc1ccc(Oc2cc(-n3ccnc3)ncn2)cc1. The van der Waals surface area contributed by atoms with Crippen LogP contribution in [0.4, 0.5) is 5.69 Å². The van der Waals surface area contributed by atoms with Crippen LogP contribution in [-0.2, 0) is 0 Å². The Balaban J connectivity index is 1.45. The van der Waals surface area contributed by atoms with E-state index >= 15 is 0 Å². The number of para-hydroxylation sites is 1. The molecule has 0 bridgehead atoms. The minimum absolute atomic E-state index is 0.253. The van der Waals surface area contributed by atoms with Gasteiger partial charge >= 0.3 is 0 Å². The predicted molar refractivity (Wildman–Crippen MR) is 107 cm³/mol. The summed E-state index contributed by atoms with van der Waals surface area (Å²) >= 11 is 0. The lowest BCUT2D eigenvalue weighted by Crippen LogP contribution is -2.12. The van der Waals surface area contributed by atoms with Crippen molar-refractivity contribution < 1.29 is 14.3 Å². The third-order valence-corrected chi connectivity index (χ3v) is 4.08. The van der Waals surface area contributed by atoms with Gasteiger partial charge in [0.05, 0.1) is 12.7 Å². The zero-order chi connectivity index (χ0) is 20.1. The molecule has 8 heteroatoms. The highest BCUT2D eigenvalue weighted by atomic mass is 16.5. The van der Waals surface area contributed by atoms with Gasteiger partial charge < -0.3 is 14.8 Å². The average Bonchev–Trinajstić information content (AvgIpc) is 3.30. The average molecular weight is 387 g/mol. The van der Waals surface area contributed by atoms with Crippen molar-refractivity contribution in [1.82, 2.24) is 19.5 Å². The molecule has 2 aromatic carbocycles. The molecule has 0 unspecified atom stereocenters. The van der Waals surface area contributed by atoms with E-state index in [-0.39, 0.29) is 5.91 Å². The molecule has 4 aromatic rings. The number of nitrogens with one attached hydrogen (secondary N) is 1. The summed E-state index contributed by atoms with van der Waals surface area (Å²) in [5.74, 6) is 1.89. The van der Waals surface area contributed by atoms with Crippen LogP contribution in [0.3, 0.4) is 0 Å². The number of imidazole rings is 1. The molecule has 29 heavy (non-hydrogen) atoms. The molecule has 0 saturated heterocycles. The third kappa shape index (κ3) is 4.22. The van der Waals surface area contributed by atoms with E-state index in [9.17, 15) is 4.79 Å². The van der Waals surface area contributed by atoms with Crippen LogP contribution in [0.1, 0.15) is 10.4 Å². The highest BCUT2D eigenvalue weighted by Gasteiger charge is 2.11. The van der Waals surface area contributed by atoms with Gasteiger partial charge in [0, 0.05) is 24.1 Å². The first kappa shape index (κ1) is 18.2. The van der Waals surface area contributed by atoms with E-state index in [1.807, 2.05) is 6.07 Å². The van der Waals surface area contributed by atoms with E-state index in [2.05, 4.69) is 20.3 Å². The number of rotatable bonds is 6. The summed E-state index contributed by atoms with van der Waals surface area (Å²) in [5, 5.41) is 2.84. The van der Waals surface area contributed by atoms with E-state index in [0.717, 1.165) is 0 Å². The maximum Gasteiger partial charge on any atom is 0.259 e. The van der Waals surface area contributed by atoms with Crippen LogP contribution in [0.5, 0.6) is 17.4 Å². The summed E-state index contributed by atoms with van der Waals surface area (Å²) in [6, 6.07) is 15.7. The van der Waals surface area contributed by atoms with Gasteiger partial charge in [0.15, 0.2) is 0 Å². The lowest BCUT2D eigenvalue weighted by atomic mass is 10.2. The van der Waals surface area contributed by atoms with Gasteiger partial charge in [0.1, 0.15) is 30.0 Å². The normalized spacial score (nSPS) is 10.4. The van der Waals surface area contributed by atoms with Crippen LogP contribution in [0.25, 0.3) is 5.82 Å². The molecule has 0 radical (unpaired) electrons. The van der Waals surface area contributed by atoms with Gasteiger partial charge in [-0.15, -0.1) is 0 Å². The summed E-state index contributed by atoms with van der Waals surface area (Å²) in [5.41, 5.74) is 1.10. The Kier molecular flexibility index (Phi) is 5.15. The van der Waals surface area contributed by atoms with Gasteiger partial charge in [-0.1, -0.05) is 12.1 Å². The topological polar surface area (TPSA) is 91.2 Å². The molecule has 1 amide bonds. The first-order valence-electron chi connectivity index (χ1n) is 8.75. The van der Waals surface area contributed by atoms with Crippen molar-refractivity contribution in [3.05, 3.63) is 85.2 Å². The minimum Gasteiger partial charge on any atom is -0.496 e. The van der Waals surface area contributed by atoms with E-state index in [1.54, 1.807) is 71.8 Å².